The number of carbonyl (C=O) groups is 1. The number of rotatable bonds is 10. The minimum atomic E-state index is -0.303. The first-order chi connectivity index (χ1) is 17.4. The topological polar surface area (TPSA) is 105 Å². The molecule has 188 valence electrons. The van der Waals surface area contributed by atoms with E-state index in [1.165, 1.54) is 9.30 Å². The molecule has 1 aromatic carbocycles. The Balaban J connectivity index is 1.65. The molecule has 36 heavy (non-hydrogen) atoms. The summed E-state index contributed by atoms with van der Waals surface area (Å²) in [6.07, 6.45) is 3.20. The summed E-state index contributed by atoms with van der Waals surface area (Å²) >= 11 is 6.63. The smallest absolute Gasteiger partial charge is 0.267 e. The lowest BCUT2D eigenvalue weighted by molar-refractivity contribution is -0.122. The minimum Gasteiger partial charge on any atom is -0.497 e. The van der Waals surface area contributed by atoms with Crippen LogP contribution < -0.4 is 15.6 Å². The van der Waals surface area contributed by atoms with Crippen LogP contribution in [0.4, 0.5) is 5.82 Å². The standard InChI is InChI=1S/C25H26N4O5S2/c1-16-4-3-10-28-22(16)27-21(26-9-12-34-13-11-30)19(23(28)31)14-20-24(32)29(25(35)36-20)15-17-5-7-18(33-2)8-6-17/h3-8,10,14,26,30H,9,11-13,15H2,1-2H3. The number of amides is 1. The molecule has 0 aliphatic carbocycles. The minimum absolute atomic E-state index is 0.0710. The number of nitrogens with zero attached hydrogens (tertiary/aromatic N) is 3. The van der Waals surface area contributed by atoms with Gasteiger partial charge in [0.15, 0.2) is 0 Å². The number of ether oxygens (including phenoxy) is 2. The second kappa shape index (κ2) is 11.7. The first-order valence-corrected chi connectivity index (χ1v) is 12.5. The molecule has 0 radical (unpaired) electrons. The summed E-state index contributed by atoms with van der Waals surface area (Å²) in [5.74, 6) is 0.805. The first-order valence-electron chi connectivity index (χ1n) is 11.3. The highest BCUT2D eigenvalue weighted by atomic mass is 32.2. The van der Waals surface area contributed by atoms with Crippen molar-refractivity contribution < 1.29 is 19.4 Å². The van der Waals surface area contributed by atoms with E-state index in [2.05, 4.69) is 10.3 Å². The van der Waals surface area contributed by atoms with Crippen LogP contribution in [0.2, 0.25) is 0 Å². The van der Waals surface area contributed by atoms with E-state index in [9.17, 15) is 9.59 Å². The maximum absolute atomic E-state index is 13.4. The van der Waals surface area contributed by atoms with Gasteiger partial charge in [-0.2, -0.15) is 0 Å². The first kappa shape index (κ1) is 25.8. The van der Waals surface area contributed by atoms with Gasteiger partial charge in [-0.25, -0.2) is 4.98 Å². The van der Waals surface area contributed by atoms with Crippen molar-refractivity contribution in [3.8, 4) is 5.75 Å². The number of aliphatic hydroxyl groups is 1. The number of carbonyl (C=O) groups excluding carboxylic acids is 1. The van der Waals surface area contributed by atoms with Gasteiger partial charge < -0.3 is 19.9 Å². The Morgan fingerprint density at radius 1 is 1.19 bits per heavy atom. The number of thiocarbonyl (C=S) groups is 1. The summed E-state index contributed by atoms with van der Waals surface area (Å²) in [6, 6.07) is 11.1. The zero-order valence-corrected chi connectivity index (χ0v) is 21.5. The predicted octanol–water partition coefficient (Wildman–Crippen LogP) is 2.83. The Labute approximate surface area is 217 Å². The second-order valence-electron chi connectivity index (χ2n) is 7.94. The van der Waals surface area contributed by atoms with Crippen molar-refractivity contribution in [1.82, 2.24) is 14.3 Å². The van der Waals surface area contributed by atoms with E-state index >= 15 is 0 Å². The Kier molecular flexibility index (Phi) is 8.36. The summed E-state index contributed by atoms with van der Waals surface area (Å²) < 4.78 is 12.4. The molecule has 9 nitrogen and oxygen atoms in total. The number of aryl methyl sites for hydroxylation is 1. The summed E-state index contributed by atoms with van der Waals surface area (Å²) in [7, 11) is 1.60. The van der Waals surface area contributed by atoms with Crippen molar-refractivity contribution in [2.45, 2.75) is 13.5 Å². The third-order valence-corrected chi connectivity index (χ3v) is 6.89. The van der Waals surface area contributed by atoms with Gasteiger partial charge >= 0.3 is 0 Å². The number of anilines is 1. The van der Waals surface area contributed by atoms with E-state index < -0.39 is 0 Å². The van der Waals surface area contributed by atoms with E-state index in [-0.39, 0.29) is 30.2 Å². The second-order valence-corrected chi connectivity index (χ2v) is 9.62. The van der Waals surface area contributed by atoms with Crippen molar-refractivity contribution in [1.29, 1.82) is 0 Å². The summed E-state index contributed by atoms with van der Waals surface area (Å²) in [5, 5.41) is 12.0. The van der Waals surface area contributed by atoms with E-state index in [1.54, 1.807) is 25.4 Å². The van der Waals surface area contributed by atoms with Crippen molar-refractivity contribution in [3.05, 3.63) is 74.5 Å². The molecule has 2 aromatic heterocycles. The van der Waals surface area contributed by atoms with E-state index in [0.717, 1.165) is 28.6 Å². The lowest BCUT2D eigenvalue weighted by atomic mass is 10.2. The third-order valence-electron chi connectivity index (χ3n) is 5.51. The molecule has 0 spiro atoms. The van der Waals surface area contributed by atoms with Gasteiger partial charge in [-0.3, -0.25) is 18.9 Å². The third kappa shape index (κ3) is 5.59. The fourth-order valence-electron chi connectivity index (χ4n) is 3.67. The molecule has 0 bridgehead atoms. The fourth-order valence-corrected chi connectivity index (χ4v) is 4.90. The number of aliphatic hydroxyl groups excluding tert-OH is 1. The quantitative estimate of drug-likeness (QED) is 0.234. The summed E-state index contributed by atoms with van der Waals surface area (Å²) in [6.45, 7) is 3.02. The molecule has 2 N–H and O–H groups in total. The van der Waals surface area contributed by atoms with Crippen molar-refractivity contribution >= 4 is 51.7 Å². The molecule has 3 heterocycles. The molecule has 0 unspecified atom stereocenters. The van der Waals surface area contributed by atoms with Crippen LogP contribution in [0.3, 0.4) is 0 Å². The monoisotopic (exact) mass is 526 g/mol. The van der Waals surface area contributed by atoms with Crippen LogP contribution in [0.1, 0.15) is 16.7 Å². The van der Waals surface area contributed by atoms with Crippen LogP contribution in [0, 0.1) is 6.92 Å². The normalized spacial score (nSPS) is 14.8. The van der Waals surface area contributed by atoms with Crippen LogP contribution in [0.5, 0.6) is 5.75 Å². The molecule has 4 rings (SSSR count). The van der Waals surface area contributed by atoms with E-state index in [4.69, 9.17) is 26.8 Å². The SMILES string of the molecule is COc1ccc(CN2C(=O)C(=Cc3c(NCCOCCO)nc4c(C)cccn4c3=O)SC2=S)cc1. The Bertz CT molecular complexity index is 1370. The number of thioether (sulfide) groups is 1. The Morgan fingerprint density at radius 3 is 2.69 bits per heavy atom. The molecule has 1 saturated heterocycles. The van der Waals surface area contributed by atoms with Gasteiger partial charge in [-0.05, 0) is 42.3 Å². The number of pyridine rings is 1. The summed E-state index contributed by atoms with van der Waals surface area (Å²) in [5.41, 5.74) is 2.21. The molecular weight excluding hydrogens is 500 g/mol. The molecule has 0 atom stereocenters. The highest BCUT2D eigenvalue weighted by Crippen LogP contribution is 2.34. The van der Waals surface area contributed by atoms with Crippen LogP contribution in [-0.2, 0) is 16.1 Å². The van der Waals surface area contributed by atoms with Crippen LogP contribution in [0.25, 0.3) is 11.7 Å². The number of fused-ring (bicyclic) bond motifs is 1. The van der Waals surface area contributed by atoms with E-state index in [1.807, 2.05) is 37.3 Å². The molecule has 1 amide bonds. The average Bonchev–Trinajstić information content (AvgIpc) is 3.14. The van der Waals surface area contributed by atoms with Gasteiger partial charge in [0.25, 0.3) is 11.5 Å². The number of hydrogen-bond acceptors (Lipinski definition) is 9. The van der Waals surface area contributed by atoms with Gasteiger partial charge in [0, 0.05) is 12.7 Å². The van der Waals surface area contributed by atoms with Gasteiger partial charge in [0.1, 0.15) is 21.5 Å². The highest BCUT2D eigenvalue weighted by molar-refractivity contribution is 8.26. The molecule has 11 heteroatoms. The molecule has 1 aliphatic heterocycles. The largest absolute Gasteiger partial charge is 0.497 e. The molecule has 1 fully saturated rings. The van der Waals surface area contributed by atoms with Gasteiger partial charge in [0.05, 0.1) is 43.9 Å². The van der Waals surface area contributed by atoms with Crippen LogP contribution in [-0.4, -0.2) is 63.1 Å². The number of nitrogens with one attached hydrogen (secondary N) is 1. The van der Waals surface area contributed by atoms with Crippen molar-refractivity contribution in [3.63, 3.8) is 0 Å². The molecule has 1 aliphatic rings. The number of methoxy groups -OCH3 is 1. The fraction of sp³-hybridized carbons (Fsp3) is 0.280. The van der Waals surface area contributed by atoms with Gasteiger partial charge in [0.2, 0.25) is 0 Å². The lowest BCUT2D eigenvalue weighted by Gasteiger charge is -2.15. The Hall–Kier alpha value is -3.25. The Morgan fingerprint density at radius 2 is 1.97 bits per heavy atom. The average molecular weight is 527 g/mol. The molecule has 3 aromatic rings. The number of aromatic nitrogens is 2. The maximum Gasteiger partial charge on any atom is 0.267 e. The van der Waals surface area contributed by atoms with E-state index in [0.29, 0.717) is 40.4 Å². The molecular formula is C25H26N4O5S2. The molecule has 0 saturated carbocycles. The van der Waals surface area contributed by atoms with Crippen LogP contribution in [0.15, 0.2) is 52.3 Å². The maximum atomic E-state index is 13.4. The van der Waals surface area contributed by atoms with Crippen molar-refractivity contribution in [2.24, 2.45) is 0 Å². The highest BCUT2D eigenvalue weighted by Gasteiger charge is 2.32. The number of hydrogen-bond donors (Lipinski definition) is 2. The zero-order chi connectivity index (χ0) is 25.7. The number of benzene rings is 1. The predicted molar refractivity (Wildman–Crippen MR) is 144 cm³/mol. The van der Waals surface area contributed by atoms with Crippen LogP contribution >= 0.6 is 24.0 Å². The summed E-state index contributed by atoms with van der Waals surface area (Å²) in [4.78, 5) is 33.2. The zero-order valence-electron chi connectivity index (χ0n) is 19.9. The van der Waals surface area contributed by atoms with Crippen molar-refractivity contribution in [2.75, 3.05) is 38.8 Å². The lowest BCUT2D eigenvalue weighted by Crippen LogP contribution is -2.27. The van der Waals surface area contributed by atoms with Gasteiger partial charge in [-0.1, -0.05) is 42.2 Å². The van der Waals surface area contributed by atoms with Gasteiger partial charge in [-0.15, -0.1) is 0 Å².